The summed E-state index contributed by atoms with van der Waals surface area (Å²) in [6.07, 6.45) is 0. The Morgan fingerprint density at radius 3 is 2.62 bits per heavy atom. The third-order valence-electron chi connectivity index (χ3n) is 3.71. The maximum absolute atomic E-state index is 12.5. The zero-order chi connectivity index (χ0) is 18.4. The highest BCUT2D eigenvalue weighted by atomic mass is 32.2. The van der Waals surface area contributed by atoms with E-state index in [0.717, 1.165) is 5.56 Å². The largest absolute Gasteiger partial charge is 0.298 e. The fourth-order valence-electron chi connectivity index (χ4n) is 2.36. The van der Waals surface area contributed by atoms with E-state index in [1.54, 1.807) is 0 Å². The van der Waals surface area contributed by atoms with E-state index in [1.807, 2.05) is 67.6 Å². The Hall–Kier alpha value is -3.11. The highest BCUT2D eigenvalue weighted by Gasteiger charge is 2.17. The fourth-order valence-corrected chi connectivity index (χ4v) is 3.03. The van der Waals surface area contributed by atoms with Gasteiger partial charge in [0.2, 0.25) is 11.1 Å². The summed E-state index contributed by atoms with van der Waals surface area (Å²) in [5, 5.41) is 16.5. The van der Waals surface area contributed by atoms with Crippen molar-refractivity contribution >= 4 is 23.4 Å². The molecule has 3 rings (SSSR count). The lowest BCUT2D eigenvalue weighted by atomic mass is 10.1. The molecule has 0 unspecified atom stereocenters. The SMILES string of the molecule is Cc1ccc(-c2nc(SCC(=O)N(CC#N)c3ccccc3)n[nH]2)cc1. The molecule has 6 nitrogen and oxygen atoms in total. The number of amides is 1. The number of carbonyl (C=O) groups is 1. The van der Waals surface area contributed by atoms with Crippen molar-refractivity contribution in [2.75, 3.05) is 17.2 Å². The van der Waals surface area contributed by atoms with Crippen molar-refractivity contribution in [3.05, 3.63) is 60.2 Å². The first-order valence-electron chi connectivity index (χ1n) is 8.02. The number of hydrogen-bond donors (Lipinski definition) is 1. The van der Waals surface area contributed by atoms with Crippen LogP contribution in [0.25, 0.3) is 11.4 Å². The van der Waals surface area contributed by atoms with E-state index in [-0.39, 0.29) is 18.2 Å². The number of nitrogens with zero attached hydrogens (tertiary/aromatic N) is 4. The maximum atomic E-state index is 12.5. The number of rotatable bonds is 6. The number of aromatic nitrogens is 3. The number of hydrogen-bond acceptors (Lipinski definition) is 5. The van der Waals surface area contributed by atoms with Crippen molar-refractivity contribution in [3.8, 4) is 17.5 Å². The van der Waals surface area contributed by atoms with Gasteiger partial charge >= 0.3 is 0 Å². The summed E-state index contributed by atoms with van der Waals surface area (Å²) in [7, 11) is 0. The maximum Gasteiger partial charge on any atom is 0.238 e. The van der Waals surface area contributed by atoms with Gasteiger partial charge in [-0.2, -0.15) is 5.26 Å². The average Bonchev–Trinajstić information content (AvgIpc) is 3.14. The third-order valence-corrected chi connectivity index (χ3v) is 4.54. The topological polar surface area (TPSA) is 85.7 Å². The van der Waals surface area contributed by atoms with Crippen LogP contribution in [-0.4, -0.2) is 33.4 Å². The monoisotopic (exact) mass is 363 g/mol. The van der Waals surface area contributed by atoms with E-state index < -0.39 is 0 Å². The van der Waals surface area contributed by atoms with Crippen LogP contribution in [0.5, 0.6) is 0 Å². The van der Waals surface area contributed by atoms with E-state index in [9.17, 15) is 4.79 Å². The van der Waals surface area contributed by atoms with Crippen molar-refractivity contribution < 1.29 is 4.79 Å². The van der Waals surface area contributed by atoms with Crippen LogP contribution in [0.2, 0.25) is 0 Å². The minimum absolute atomic E-state index is 0.00597. The molecule has 26 heavy (non-hydrogen) atoms. The highest BCUT2D eigenvalue weighted by molar-refractivity contribution is 7.99. The Kier molecular flexibility index (Phi) is 5.66. The summed E-state index contributed by atoms with van der Waals surface area (Å²) in [6, 6.07) is 19.2. The Morgan fingerprint density at radius 1 is 1.19 bits per heavy atom. The van der Waals surface area contributed by atoms with E-state index in [1.165, 1.54) is 22.2 Å². The highest BCUT2D eigenvalue weighted by Crippen LogP contribution is 2.21. The van der Waals surface area contributed by atoms with Crippen LogP contribution in [0.15, 0.2) is 59.8 Å². The lowest BCUT2D eigenvalue weighted by Crippen LogP contribution is -2.32. The predicted octanol–water partition coefficient (Wildman–Crippen LogP) is 3.43. The lowest BCUT2D eigenvalue weighted by Gasteiger charge is -2.19. The molecule has 130 valence electrons. The minimum atomic E-state index is -0.163. The summed E-state index contributed by atoms with van der Waals surface area (Å²) in [5.74, 6) is 0.656. The number of nitrogens with one attached hydrogen (secondary N) is 1. The van der Waals surface area contributed by atoms with Gasteiger partial charge in [0.1, 0.15) is 6.54 Å². The zero-order valence-electron chi connectivity index (χ0n) is 14.2. The van der Waals surface area contributed by atoms with Crippen molar-refractivity contribution in [2.24, 2.45) is 0 Å². The van der Waals surface area contributed by atoms with Crippen molar-refractivity contribution in [1.29, 1.82) is 5.26 Å². The van der Waals surface area contributed by atoms with Gasteiger partial charge in [-0.15, -0.1) is 5.10 Å². The standard InChI is InChI=1S/C19H17N5OS/c1-14-7-9-15(10-8-14)18-21-19(23-22-18)26-13-17(25)24(12-11-20)16-5-3-2-4-6-16/h2-10H,12-13H2,1H3,(H,21,22,23). The second kappa shape index (κ2) is 8.32. The molecule has 0 spiro atoms. The van der Waals surface area contributed by atoms with Gasteiger partial charge in [0.15, 0.2) is 5.82 Å². The number of benzene rings is 2. The summed E-state index contributed by atoms with van der Waals surface area (Å²) in [4.78, 5) is 18.4. The second-order valence-corrected chi connectivity index (χ2v) is 6.54. The van der Waals surface area contributed by atoms with Gasteiger partial charge in [0.25, 0.3) is 0 Å². The van der Waals surface area contributed by atoms with Crippen LogP contribution in [0.4, 0.5) is 5.69 Å². The molecule has 1 N–H and O–H groups in total. The molecule has 0 bridgehead atoms. The third kappa shape index (κ3) is 4.29. The molecule has 1 amide bonds. The van der Waals surface area contributed by atoms with E-state index in [4.69, 9.17) is 5.26 Å². The molecule has 0 saturated heterocycles. The van der Waals surface area contributed by atoms with E-state index in [0.29, 0.717) is 16.7 Å². The first kappa shape index (κ1) is 17.7. The minimum Gasteiger partial charge on any atom is -0.298 e. The average molecular weight is 363 g/mol. The number of para-hydroxylation sites is 1. The number of thioether (sulfide) groups is 1. The van der Waals surface area contributed by atoms with Gasteiger partial charge in [-0.3, -0.25) is 14.8 Å². The Bertz CT molecular complexity index is 915. The first-order valence-corrected chi connectivity index (χ1v) is 9.00. The molecule has 2 aromatic carbocycles. The summed E-state index contributed by atoms with van der Waals surface area (Å²) in [5.41, 5.74) is 2.82. The number of carbonyl (C=O) groups excluding carboxylic acids is 1. The molecular formula is C19H17N5OS. The van der Waals surface area contributed by atoms with E-state index >= 15 is 0 Å². The first-order chi connectivity index (χ1) is 12.7. The lowest BCUT2D eigenvalue weighted by molar-refractivity contribution is -0.116. The molecule has 7 heteroatoms. The zero-order valence-corrected chi connectivity index (χ0v) is 15.0. The molecule has 0 radical (unpaired) electrons. The predicted molar refractivity (Wildman–Crippen MR) is 102 cm³/mol. The molecule has 1 heterocycles. The van der Waals surface area contributed by atoms with Crippen molar-refractivity contribution in [2.45, 2.75) is 12.1 Å². The van der Waals surface area contributed by atoms with Gasteiger partial charge in [-0.25, -0.2) is 4.98 Å². The van der Waals surface area contributed by atoms with Crippen LogP contribution in [-0.2, 0) is 4.79 Å². The molecule has 0 aliphatic carbocycles. The van der Waals surface area contributed by atoms with Crippen molar-refractivity contribution in [3.63, 3.8) is 0 Å². The van der Waals surface area contributed by atoms with Gasteiger partial charge < -0.3 is 0 Å². The number of anilines is 1. The van der Waals surface area contributed by atoms with Crippen LogP contribution in [0.3, 0.4) is 0 Å². The van der Waals surface area contributed by atoms with Gasteiger partial charge in [-0.05, 0) is 19.1 Å². The molecule has 0 atom stereocenters. The fraction of sp³-hybridized carbons (Fsp3) is 0.158. The molecular weight excluding hydrogens is 346 g/mol. The van der Waals surface area contributed by atoms with E-state index in [2.05, 4.69) is 15.2 Å². The number of nitriles is 1. The molecule has 0 saturated carbocycles. The summed E-state index contributed by atoms with van der Waals surface area (Å²) >= 11 is 1.24. The van der Waals surface area contributed by atoms with Gasteiger partial charge in [-0.1, -0.05) is 59.8 Å². The van der Waals surface area contributed by atoms with Crippen LogP contribution in [0.1, 0.15) is 5.56 Å². The molecule has 3 aromatic rings. The number of aromatic amines is 1. The van der Waals surface area contributed by atoms with Gasteiger partial charge in [0.05, 0.1) is 11.8 Å². The van der Waals surface area contributed by atoms with Crippen LogP contribution >= 0.6 is 11.8 Å². The summed E-state index contributed by atoms with van der Waals surface area (Å²) in [6.45, 7) is 2.03. The second-order valence-electron chi connectivity index (χ2n) is 5.59. The Morgan fingerprint density at radius 2 is 1.92 bits per heavy atom. The van der Waals surface area contributed by atoms with Crippen molar-refractivity contribution in [1.82, 2.24) is 15.2 Å². The normalized spacial score (nSPS) is 10.3. The molecule has 0 aliphatic rings. The quantitative estimate of drug-likeness (QED) is 0.536. The van der Waals surface area contributed by atoms with Crippen LogP contribution in [0, 0.1) is 18.3 Å². The Balaban J connectivity index is 1.65. The smallest absolute Gasteiger partial charge is 0.238 e. The number of aryl methyl sites for hydroxylation is 1. The van der Waals surface area contributed by atoms with Crippen LogP contribution < -0.4 is 4.90 Å². The molecule has 0 aliphatic heterocycles. The molecule has 1 aromatic heterocycles. The number of H-pyrrole nitrogens is 1. The molecule has 0 fully saturated rings. The Labute approximate surface area is 155 Å². The summed E-state index contributed by atoms with van der Waals surface area (Å²) < 4.78 is 0. The van der Waals surface area contributed by atoms with Gasteiger partial charge in [0, 0.05) is 11.3 Å².